The molecule has 1 heterocycles. The number of hydrogen-bond acceptors (Lipinski definition) is 2. The highest BCUT2D eigenvalue weighted by Gasteiger charge is 2.28. The fourth-order valence-electron chi connectivity index (χ4n) is 1.81. The van der Waals surface area contributed by atoms with Crippen LogP contribution in [0.4, 0.5) is 0 Å². The van der Waals surface area contributed by atoms with Gasteiger partial charge in [-0.25, -0.2) is 0 Å². The van der Waals surface area contributed by atoms with Crippen LogP contribution in [0.2, 0.25) is 0 Å². The Bertz CT molecular complexity index is 131. The Morgan fingerprint density at radius 3 is 2.33 bits per heavy atom. The van der Waals surface area contributed by atoms with Crippen LogP contribution >= 0.6 is 0 Å². The lowest BCUT2D eigenvalue weighted by Crippen LogP contribution is -2.47. The lowest BCUT2D eigenvalue weighted by Gasteiger charge is -2.37. The van der Waals surface area contributed by atoms with Crippen molar-refractivity contribution in [2.75, 3.05) is 13.2 Å². The molecule has 72 valence electrons. The molecule has 2 atom stereocenters. The maximum absolute atomic E-state index is 8.94. The van der Waals surface area contributed by atoms with E-state index in [1.807, 2.05) is 0 Å². The number of aliphatic hydroxyl groups excluding tert-OH is 1. The van der Waals surface area contributed by atoms with Gasteiger partial charge >= 0.3 is 0 Å². The molecule has 0 aliphatic carbocycles. The van der Waals surface area contributed by atoms with Crippen molar-refractivity contribution in [3.05, 3.63) is 0 Å². The summed E-state index contributed by atoms with van der Waals surface area (Å²) in [5.74, 6) is 0.489. The van der Waals surface area contributed by atoms with Gasteiger partial charge in [0.05, 0.1) is 0 Å². The first-order valence-electron chi connectivity index (χ1n) is 4.88. The number of hydrogen-bond donors (Lipinski definition) is 2. The van der Waals surface area contributed by atoms with Crippen molar-refractivity contribution in [3.8, 4) is 0 Å². The van der Waals surface area contributed by atoms with Crippen LogP contribution in [0, 0.1) is 11.3 Å². The highest BCUT2D eigenvalue weighted by Crippen LogP contribution is 2.27. The maximum Gasteiger partial charge on any atom is 0.0471 e. The van der Waals surface area contributed by atoms with Gasteiger partial charge in [-0.15, -0.1) is 0 Å². The third-order valence-electron chi connectivity index (χ3n) is 2.82. The first-order chi connectivity index (χ1) is 5.54. The van der Waals surface area contributed by atoms with Gasteiger partial charge in [0.25, 0.3) is 0 Å². The molecule has 0 aromatic heterocycles. The molecule has 0 aromatic rings. The molecular formula is C10H21NO. The van der Waals surface area contributed by atoms with Gasteiger partial charge in [-0.1, -0.05) is 20.8 Å². The average molecular weight is 171 g/mol. The van der Waals surface area contributed by atoms with Gasteiger partial charge < -0.3 is 10.4 Å². The molecule has 0 amide bonds. The molecule has 0 bridgehead atoms. The Morgan fingerprint density at radius 2 is 2.00 bits per heavy atom. The standard InChI is InChI=1S/C10H21NO/c1-10(2,3)9-5-4-8(7-12)6-11-9/h8-9,11-12H,4-7H2,1-3H3. The Labute approximate surface area is 75.4 Å². The molecule has 0 aromatic carbocycles. The second kappa shape index (κ2) is 3.75. The van der Waals surface area contributed by atoms with Crippen LogP contribution < -0.4 is 5.32 Å². The molecule has 0 spiro atoms. The maximum atomic E-state index is 8.94. The van der Waals surface area contributed by atoms with Gasteiger partial charge in [0.15, 0.2) is 0 Å². The second-order valence-electron chi connectivity index (χ2n) is 4.95. The quantitative estimate of drug-likeness (QED) is 0.625. The Balaban J connectivity index is 2.36. The van der Waals surface area contributed by atoms with Crippen LogP contribution in [0.5, 0.6) is 0 Å². The lowest BCUT2D eigenvalue weighted by atomic mass is 9.80. The molecule has 2 nitrogen and oxygen atoms in total. The zero-order valence-corrected chi connectivity index (χ0v) is 8.43. The molecule has 1 fully saturated rings. The Hall–Kier alpha value is -0.0800. The zero-order valence-electron chi connectivity index (χ0n) is 8.43. The average Bonchev–Trinajstić information content (AvgIpc) is 2.03. The van der Waals surface area contributed by atoms with E-state index in [4.69, 9.17) is 5.11 Å². The van der Waals surface area contributed by atoms with E-state index < -0.39 is 0 Å². The van der Waals surface area contributed by atoms with Crippen LogP contribution in [0.15, 0.2) is 0 Å². The highest BCUT2D eigenvalue weighted by atomic mass is 16.3. The smallest absolute Gasteiger partial charge is 0.0471 e. The summed E-state index contributed by atoms with van der Waals surface area (Å²) in [5, 5.41) is 12.4. The number of piperidine rings is 1. The normalized spacial score (nSPS) is 32.0. The summed E-state index contributed by atoms with van der Waals surface area (Å²) < 4.78 is 0. The molecule has 2 N–H and O–H groups in total. The van der Waals surface area contributed by atoms with E-state index in [0.717, 1.165) is 6.54 Å². The van der Waals surface area contributed by atoms with Crippen LogP contribution in [0.3, 0.4) is 0 Å². The number of rotatable bonds is 1. The zero-order chi connectivity index (χ0) is 9.19. The van der Waals surface area contributed by atoms with Gasteiger partial charge in [0.2, 0.25) is 0 Å². The predicted octanol–water partition coefficient (Wildman–Crippen LogP) is 1.39. The second-order valence-corrected chi connectivity index (χ2v) is 4.95. The van der Waals surface area contributed by atoms with Gasteiger partial charge in [-0.2, -0.15) is 0 Å². The third kappa shape index (κ3) is 2.46. The molecule has 12 heavy (non-hydrogen) atoms. The Morgan fingerprint density at radius 1 is 1.33 bits per heavy atom. The van der Waals surface area contributed by atoms with Gasteiger partial charge in [-0.05, 0) is 24.2 Å². The van der Waals surface area contributed by atoms with Crippen molar-refractivity contribution >= 4 is 0 Å². The Kier molecular flexibility index (Phi) is 3.13. The van der Waals surface area contributed by atoms with Crippen LogP contribution in [-0.4, -0.2) is 24.3 Å². The fourth-order valence-corrected chi connectivity index (χ4v) is 1.81. The van der Waals surface area contributed by atoms with E-state index in [-0.39, 0.29) is 0 Å². The summed E-state index contributed by atoms with van der Waals surface area (Å²) in [7, 11) is 0. The molecule has 1 saturated heterocycles. The summed E-state index contributed by atoms with van der Waals surface area (Å²) in [5.41, 5.74) is 0.362. The summed E-state index contributed by atoms with van der Waals surface area (Å²) in [6.45, 7) is 8.13. The first-order valence-corrected chi connectivity index (χ1v) is 4.88. The monoisotopic (exact) mass is 171 g/mol. The van der Waals surface area contributed by atoms with Crippen molar-refractivity contribution in [2.45, 2.75) is 39.7 Å². The molecule has 2 unspecified atom stereocenters. The van der Waals surface area contributed by atoms with E-state index in [1.165, 1.54) is 12.8 Å². The van der Waals surface area contributed by atoms with E-state index in [9.17, 15) is 0 Å². The minimum absolute atomic E-state index is 0.337. The van der Waals surface area contributed by atoms with Crippen LogP contribution in [0.25, 0.3) is 0 Å². The SMILES string of the molecule is CC(C)(C)C1CCC(CO)CN1. The summed E-state index contributed by atoms with van der Waals surface area (Å²) in [4.78, 5) is 0. The van der Waals surface area contributed by atoms with Crippen molar-refractivity contribution in [2.24, 2.45) is 11.3 Å². The van der Waals surface area contributed by atoms with Crippen molar-refractivity contribution in [1.29, 1.82) is 0 Å². The van der Waals surface area contributed by atoms with Gasteiger partial charge in [0, 0.05) is 19.2 Å². The first kappa shape index (κ1) is 10.0. The fraction of sp³-hybridized carbons (Fsp3) is 1.00. The van der Waals surface area contributed by atoms with Gasteiger partial charge in [0.1, 0.15) is 0 Å². The minimum atomic E-state index is 0.337. The molecule has 1 aliphatic rings. The lowest BCUT2D eigenvalue weighted by molar-refractivity contribution is 0.144. The largest absolute Gasteiger partial charge is 0.396 e. The molecule has 1 aliphatic heterocycles. The number of nitrogens with one attached hydrogen (secondary N) is 1. The van der Waals surface area contributed by atoms with Crippen molar-refractivity contribution < 1.29 is 5.11 Å². The van der Waals surface area contributed by atoms with Crippen molar-refractivity contribution in [1.82, 2.24) is 5.32 Å². The van der Waals surface area contributed by atoms with E-state index in [2.05, 4.69) is 26.1 Å². The summed E-state index contributed by atoms with van der Waals surface area (Å²) in [6.07, 6.45) is 2.38. The van der Waals surface area contributed by atoms with Crippen LogP contribution in [-0.2, 0) is 0 Å². The van der Waals surface area contributed by atoms with Crippen LogP contribution in [0.1, 0.15) is 33.6 Å². The topological polar surface area (TPSA) is 32.3 Å². The molecule has 0 saturated carbocycles. The van der Waals surface area contributed by atoms with Crippen molar-refractivity contribution in [3.63, 3.8) is 0 Å². The summed E-state index contributed by atoms with van der Waals surface area (Å²) in [6, 6.07) is 0.625. The molecule has 2 heteroatoms. The molecular weight excluding hydrogens is 150 g/mol. The predicted molar refractivity (Wildman–Crippen MR) is 51.1 cm³/mol. The van der Waals surface area contributed by atoms with E-state index in [1.54, 1.807) is 0 Å². The van der Waals surface area contributed by atoms with Gasteiger partial charge in [-0.3, -0.25) is 0 Å². The number of aliphatic hydroxyl groups is 1. The highest BCUT2D eigenvalue weighted by molar-refractivity contribution is 4.85. The molecule has 0 radical (unpaired) electrons. The van der Waals surface area contributed by atoms with E-state index >= 15 is 0 Å². The molecule has 1 rings (SSSR count). The minimum Gasteiger partial charge on any atom is -0.396 e. The third-order valence-corrected chi connectivity index (χ3v) is 2.82. The van der Waals surface area contributed by atoms with E-state index in [0.29, 0.717) is 24.0 Å². The summed E-state index contributed by atoms with van der Waals surface area (Å²) >= 11 is 0.